The van der Waals surface area contributed by atoms with Crippen molar-refractivity contribution in [1.29, 1.82) is 0 Å². The molecule has 6 aromatic rings. The van der Waals surface area contributed by atoms with Crippen LogP contribution >= 0.6 is 11.6 Å². The average molecular weight is 487 g/mol. The first-order chi connectivity index (χ1) is 17.7. The Labute approximate surface area is 214 Å². The molecule has 0 atom stereocenters. The second kappa shape index (κ2) is 9.33. The van der Waals surface area contributed by atoms with Crippen LogP contribution in [0.25, 0.3) is 39.1 Å². The third-order valence-corrected chi connectivity index (χ3v) is 6.44. The number of hydrogen-bond acceptors (Lipinski definition) is 3. The largest absolute Gasteiger partial charge is 0.340 e. The molecule has 0 fully saturated rings. The molecule has 0 amide bonds. The number of benzene rings is 4. The van der Waals surface area contributed by atoms with Crippen LogP contribution in [-0.2, 0) is 0 Å². The molecule has 0 spiro atoms. The normalized spacial score (nSPS) is 11.1. The molecular formula is C31H23ClN4. The lowest BCUT2D eigenvalue weighted by Crippen LogP contribution is -2.00. The second-order valence-electron chi connectivity index (χ2n) is 8.69. The molecule has 6 rings (SSSR count). The quantitative estimate of drug-likeness (QED) is 0.266. The summed E-state index contributed by atoms with van der Waals surface area (Å²) in [4.78, 5) is 9.52. The van der Waals surface area contributed by atoms with E-state index in [-0.39, 0.29) is 0 Å². The Balaban J connectivity index is 1.75. The summed E-state index contributed by atoms with van der Waals surface area (Å²) in [5, 5.41) is 5.18. The van der Waals surface area contributed by atoms with Crippen molar-refractivity contribution >= 4 is 34.1 Å². The van der Waals surface area contributed by atoms with E-state index in [1.165, 1.54) is 5.56 Å². The summed E-state index contributed by atoms with van der Waals surface area (Å²) >= 11 is 6.46. The van der Waals surface area contributed by atoms with Crippen molar-refractivity contribution in [2.24, 2.45) is 0 Å². The van der Waals surface area contributed by atoms with Gasteiger partial charge in [0, 0.05) is 22.0 Å². The fraction of sp³-hybridized carbons (Fsp3) is 0.0323. The topological polar surface area (TPSA) is 42.7 Å². The van der Waals surface area contributed by atoms with Crippen LogP contribution in [0.2, 0.25) is 5.02 Å². The molecule has 0 aliphatic carbocycles. The van der Waals surface area contributed by atoms with E-state index in [2.05, 4.69) is 89.6 Å². The predicted molar refractivity (Wildman–Crippen MR) is 149 cm³/mol. The summed E-state index contributed by atoms with van der Waals surface area (Å²) in [5.41, 5.74) is 8.16. The maximum absolute atomic E-state index is 6.46. The van der Waals surface area contributed by atoms with E-state index in [1.807, 2.05) is 36.4 Å². The minimum Gasteiger partial charge on any atom is -0.340 e. The second-order valence-corrected chi connectivity index (χ2v) is 9.12. The summed E-state index contributed by atoms with van der Waals surface area (Å²) in [5.74, 6) is 0.752. The average Bonchev–Trinajstić information content (AvgIpc) is 3.26. The fourth-order valence-electron chi connectivity index (χ4n) is 4.69. The zero-order chi connectivity index (χ0) is 24.5. The Kier molecular flexibility index (Phi) is 5.72. The molecule has 5 heteroatoms. The summed E-state index contributed by atoms with van der Waals surface area (Å²) in [6.07, 6.45) is 1.62. The van der Waals surface area contributed by atoms with E-state index in [9.17, 15) is 0 Å². The van der Waals surface area contributed by atoms with Crippen LogP contribution in [0.15, 0.2) is 116 Å². The van der Waals surface area contributed by atoms with Gasteiger partial charge in [0.05, 0.1) is 11.1 Å². The fourth-order valence-corrected chi connectivity index (χ4v) is 4.87. The highest BCUT2D eigenvalue weighted by atomic mass is 35.5. The van der Waals surface area contributed by atoms with Gasteiger partial charge in [0.25, 0.3) is 0 Å². The predicted octanol–water partition coefficient (Wildman–Crippen LogP) is 8.46. The number of aromatic nitrogens is 3. The summed E-state index contributed by atoms with van der Waals surface area (Å²) < 4.78 is 2.18. The van der Waals surface area contributed by atoms with Crippen LogP contribution in [0, 0.1) is 6.92 Å². The Morgan fingerprint density at radius 2 is 1.44 bits per heavy atom. The first-order valence-corrected chi connectivity index (χ1v) is 12.2. The Hall–Kier alpha value is -4.41. The van der Waals surface area contributed by atoms with Crippen molar-refractivity contribution in [2.45, 2.75) is 6.92 Å². The number of fused-ring (bicyclic) bond motifs is 1. The molecule has 0 radical (unpaired) electrons. The van der Waals surface area contributed by atoms with Crippen molar-refractivity contribution < 1.29 is 0 Å². The molecule has 36 heavy (non-hydrogen) atoms. The lowest BCUT2D eigenvalue weighted by molar-refractivity contribution is 1.08. The number of aryl methyl sites for hydroxylation is 1. The van der Waals surface area contributed by atoms with E-state index in [0.29, 0.717) is 5.02 Å². The molecule has 2 heterocycles. The maximum Gasteiger partial charge on any atom is 0.151 e. The van der Waals surface area contributed by atoms with Gasteiger partial charge in [-0.05, 0) is 53.9 Å². The van der Waals surface area contributed by atoms with Gasteiger partial charge in [-0.15, -0.1) is 0 Å². The lowest BCUT2D eigenvalue weighted by Gasteiger charge is -2.13. The van der Waals surface area contributed by atoms with Gasteiger partial charge < -0.3 is 5.32 Å². The molecule has 0 unspecified atom stereocenters. The van der Waals surface area contributed by atoms with Gasteiger partial charge in [-0.25, -0.2) is 9.97 Å². The van der Waals surface area contributed by atoms with Gasteiger partial charge in [-0.3, -0.25) is 4.57 Å². The Morgan fingerprint density at radius 1 is 0.722 bits per heavy atom. The molecule has 4 nitrogen and oxygen atoms in total. The maximum atomic E-state index is 6.46. The Morgan fingerprint density at radius 3 is 2.17 bits per heavy atom. The van der Waals surface area contributed by atoms with Gasteiger partial charge in [0.1, 0.15) is 12.1 Å². The van der Waals surface area contributed by atoms with Gasteiger partial charge in [-0.1, -0.05) is 90.5 Å². The highest BCUT2D eigenvalue weighted by Gasteiger charge is 2.25. The molecule has 2 aromatic heterocycles. The minimum absolute atomic E-state index is 0.668. The van der Waals surface area contributed by atoms with E-state index >= 15 is 0 Å². The van der Waals surface area contributed by atoms with Crippen LogP contribution in [0.5, 0.6) is 0 Å². The van der Waals surface area contributed by atoms with Crippen LogP contribution in [-0.4, -0.2) is 14.5 Å². The molecule has 0 bridgehead atoms. The number of nitrogens with one attached hydrogen (secondary N) is 1. The van der Waals surface area contributed by atoms with E-state index in [0.717, 1.165) is 50.6 Å². The Bertz CT molecular complexity index is 1670. The van der Waals surface area contributed by atoms with E-state index in [1.54, 1.807) is 6.33 Å². The zero-order valence-corrected chi connectivity index (χ0v) is 20.4. The van der Waals surface area contributed by atoms with Gasteiger partial charge in [0.15, 0.2) is 5.65 Å². The van der Waals surface area contributed by atoms with Gasteiger partial charge in [0.2, 0.25) is 0 Å². The molecular weight excluding hydrogens is 464 g/mol. The lowest BCUT2D eigenvalue weighted by atomic mass is 9.98. The monoisotopic (exact) mass is 486 g/mol. The van der Waals surface area contributed by atoms with Crippen molar-refractivity contribution in [3.8, 4) is 28.1 Å². The molecule has 4 aromatic carbocycles. The molecule has 0 saturated heterocycles. The summed E-state index contributed by atoms with van der Waals surface area (Å²) in [7, 11) is 0. The highest BCUT2D eigenvalue weighted by Crippen LogP contribution is 2.44. The molecule has 0 saturated carbocycles. The number of rotatable bonds is 5. The van der Waals surface area contributed by atoms with E-state index in [4.69, 9.17) is 21.6 Å². The number of hydrogen-bond donors (Lipinski definition) is 1. The van der Waals surface area contributed by atoms with Crippen LogP contribution in [0.4, 0.5) is 11.5 Å². The number of halogens is 1. The van der Waals surface area contributed by atoms with Crippen LogP contribution in [0.3, 0.4) is 0 Å². The van der Waals surface area contributed by atoms with E-state index < -0.39 is 0 Å². The first-order valence-electron chi connectivity index (χ1n) is 11.8. The van der Waals surface area contributed by atoms with Crippen molar-refractivity contribution in [3.63, 3.8) is 0 Å². The van der Waals surface area contributed by atoms with Gasteiger partial charge in [-0.2, -0.15) is 0 Å². The van der Waals surface area contributed by atoms with Crippen molar-refractivity contribution in [1.82, 2.24) is 14.5 Å². The molecule has 0 aliphatic heterocycles. The third-order valence-electron chi connectivity index (χ3n) is 6.21. The van der Waals surface area contributed by atoms with Crippen LogP contribution in [0.1, 0.15) is 5.56 Å². The minimum atomic E-state index is 0.668. The molecule has 0 aliphatic rings. The SMILES string of the molecule is Cc1cccc(Nc2ncnc3c2c(-c2ccccc2)c(-c2ccccc2)n3-c2cccc(Cl)c2)c1. The highest BCUT2D eigenvalue weighted by molar-refractivity contribution is 6.30. The van der Waals surface area contributed by atoms with Crippen LogP contribution < -0.4 is 5.32 Å². The molecule has 1 N–H and O–H groups in total. The summed E-state index contributed by atoms with van der Waals surface area (Å²) in [6.45, 7) is 2.08. The summed E-state index contributed by atoms with van der Waals surface area (Å²) in [6, 6.07) is 37.0. The number of nitrogens with zero attached hydrogens (tertiary/aromatic N) is 3. The van der Waals surface area contributed by atoms with Gasteiger partial charge >= 0.3 is 0 Å². The third kappa shape index (κ3) is 4.02. The molecule has 174 valence electrons. The first kappa shape index (κ1) is 22.1. The van der Waals surface area contributed by atoms with Crippen molar-refractivity contribution in [2.75, 3.05) is 5.32 Å². The zero-order valence-electron chi connectivity index (χ0n) is 19.7. The standard InChI is InChI=1S/C31H23ClN4/c1-21-10-8-16-25(18-21)35-30-28-27(22-11-4-2-5-12-22)29(23-13-6-3-7-14-23)36(31(28)34-20-33-30)26-17-9-15-24(32)19-26/h2-20H,1H3,(H,33,34,35). The van der Waals surface area contributed by atoms with Crippen molar-refractivity contribution in [3.05, 3.63) is 126 Å². The smallest absolute Gasteiger partial charge is 0.151 e. The number of anilines is 2.